The highest BCUT2D eigenvalue weighted by atomic mass is 79.9. The second-order valence-electron chi connectivity index (χ2n) is 4.94. The summed E-state index contributed by atoms with van der Waals surface area (Å²) in [6, 6.07) is 5.70. The van der Waals surface area contributed by atoms with Crippen LogP contribution in [0.25, 0.3) is 0 Å². The summed E-state index contributed by atoms with van der Waals surface area (Å²) in [5, 5.41) is 3.20. The van der Waals surface area contributed by atoms with Crippen molar-refractivity contribution in [1.82, 2.24) is 10.2 Å². The summed E-state index contributed by atoms with van der Waals surface area (Å²) in [4.78, 5) is 14.5. The largest absolute Gasteiger partial charge is 0.338 e. The third kappa shape index (κ3) is 3.80. The number of carbonyl (C=O) groups excluding carboxylic acids is 1. The van der Waals surface area contributed by atoms with Crippen LogP contribution in [0.2, 0.25) is 0 Å². The standard InChI is InChI=1S/C14H18Br2N2O/c1-17-8-10-3-2-6-18(9-10)14(19)12-5-4-11(15)7-13(12)16/h4-5,7,10,17H,2-3,6,8-9H2,1H3. The summed E-state index contributed by atoms with van der Waals surface area (Å²) in [5.41, 5.74) is 0.744. The average molecular weight is 390 g/mol. The zero-order chi connectivity index (χ0) is 13.8. The summed E-state index contributed by atoms with van der Waals surface area (Å²) in [6.07, 6.45) is 2.29. The maximum Gasteiger partial charge on any atom is 0.255 e. The first-order valence-electron chi connectivity index (χ1n) is 6.50. The minimum Gasteiger partial charge on any atom is -0.338 e. The molecule has 19 heavy (non-hydrogen) atoms. The van der Waals surface area contributed by atoms with Gasteiger partial charge in [-0.15, -0.1) is 0 Å². The smallest absolute Gasteiger partial charge is 0.255 e. The van der Waals surface area contributed by atoms with E-state index in [2.05, 4.69) is 37.2 Å². The van der Waals surface area contributed by atoms with Crippen molar-refractivity contribution in [3.05, 3.63) is 32.7 Å². The minimum absolute atomic E-state index is 0.125. The van der Waals surface area contributed by atoms with E-state index in [1.54, 1.807) is 0 Å². The van der Waals surface area contributed by atoms with Crippen molar-refractivity contribution in [3.8, 4) is 0 Å². The molecule has 5 heteroatoms. The molecule has 1 aromatic rings. The Morgan fingerprint density at radius 2 is 2.26 bits per heavy atom. The van der Waals surface area contributed by atoms with Crippen molar-refractivity contribution in [1.29, 1.82) is 0 Å². The van der Waals surface area contributed by atoms with E-state index >= 15 is 0 Å². The van der Waals surface area contributed by atoms with Crippen LogP contribution in [0.1, 0.15) is 23.2 Å². The number of benzene rings is 1. The molecule has 1 fully saturated rings. The van der Waals surface area contributed by atoms with E-state index in [0.29, 0.717) is 5.92 Å². The van der Waals surface area contributed by atoms with Crippen LogP contribution >= 0.6 is 31.9 Å². The maximum absolute atomic E-state index is 12.5. The number of nitrogens with one attached hydrogen (secondary N) is 1. The molecule has 1 aliphatic heterocycles. The molecular weight excluding hydrogens is 372 g/mol. The molecule has 1 N–H and O–H groups in total. The van der Waals surface area contributed by atoms with Crippen molar-refractivity contribution in [2.45, 2.75) is 12.8 Å². The van der Waals surface area contributed by atoms with Crippen LogP contribution < -0.4 is 5.32 Å². The average Bonchev–Trinajstić information content (AvgIpc) is 2.39. The van der Waals surface area contributed by atoms with Gasteiger partial charge in [0, 0.05) is 22.0 Å². The van der Waals surface area contributed by atoms with Crippen molar-refractivity contribution in [2.75, 3.05) is 26.7 Å². The van der Waals surface area contributed by atoms with Gasteiger partial charge >= 0.3 is 0 Å². The molecule has 0 aromatic heterocycles. The van der Waals surface area contributed by atoms with Gasteiger partial charge in [0.1, 0.15) is 0 Å². The van der Waals surface area contributed by atoms with Gasteiger partial charge in [0.2, 0.25) is 0 Å². The predicted molar refractivity (Wildman–Crippen MR) is 84.4 cm³/mol. The topological polar surface area (TPSA) is 32.3 Å². The Kier molecular flexibility index (Phi) is 5.42. The Bertz CT molecular complexity index is 463. The molecule has 0 aliphatic carbocycles. The number of amides is 1. The summed E-state index contributed by atoms with van der Waals surface area (Å²) in [5.74, 6) is 0.692. The van der Waals surface area contributed by atoms with Crippen molar-refractivity contribution < 1.29 is 4.79 Å². The van der Waals surface area contributed by atoms with E-state index in [-0.39, 0.29) is 5.91 Å². The fraction of sp³-hybridized carbons (Fsp3) is 0.500. The molecule has 1 aliphatic rings. The van der Waals surface area contributed by atoms with E-state index in [4.69, 9.17) is 0 Å². The molecule has 0 bridgehead atoms. The number of hydrogen-bond acceptors (Lipinski definition) is 2. The minimum atomic E-state index is 0.125. The number of carbonyl (C=O) groups is 1. The molecule has 1 amide bonds. The van der Waals surface area contributed by atoms with Crippen molar-refractivity contribution in [3.63, 3.8) is 0 Å². The molecular formula is C14H18Br2N2O. The first-order chi connectivity index (χ1) is 9.11. The molecule has 0 radical (unpaired) electrons. The molecule has 1 aromatic carbocycles. The molecule has 3 nitrogen and oxygen atoms in total. The van der Waals surface area contributed by atoms with Crippen LogP contribution in [0.3, 0.4) is 0 Å². The molecule has 104 valence electrons. The number of rotatable bonds is 3. The van der Waals surface area contributed by atoms with Gasteiger partial charge in [0.15, 0.2) is 0 Å². The van der Waals surface area contributed by atoms with Crippen LogP contribution in [0.4, 0.5) is 0 Å². The van der Waals surface area contributed by atoms with Gasteiger partial charge in [0.25, 0.3) is 5.91 Å². The fourth-order valence-corrected chi connectivity index (χ4v) is 3.75. The third-order valence-corrected chi connectivity index (χ3v) is 4.61. The van der Waals surface area contributed by atoms with Gasteiger partial charge in [0.05, 0.1) is 5.56 Å². The molecule has 1 saturated heterocycles. The molecule has 1 atom stereocenters. The van der Waals surface area contributed by atoms with E-state index in [1.807, 2.05) is 30.1 Å². The van der Waals surface area contributed by atoms with E-state index in [1.165, 1.54) is 6.42 Å². The molecule has 1 heterocycles. The Labute approximate surface area is 131 Å². The van der Waals surface area contributed by atoms with Crippen LogP contribution in [-0.4, -0.2) is 37.5 Å². The zero-order valence-corrected chi connectivity index (χ0v) is 14.1. The van der Waals surface area contributed by atoms with Crippen molar-refractivity contribution in [2.24, 2.45) is 5.92 Å². The Balaban J connectivity index is 2.10. The second kappa shape index (κ2) is 6.86. The number of hydrogen-bond donors (Lipinski definition) is 1. The van der Waals surface area contributed by atoms with Crippen molar-refractivity contribution >= 4 is 37.8 Å². The predicted octanol–water partition coefficient (Wildman–Crippen LogP) is 3.28. The lowest BCUT2D eigenvalue weighted by Gasteiger charge is -2.33. The van der Waals surface area contributed by atoms with Crippen LogP contribution in [0.15, 0.2) is 27.1 Å². The van der Waals surface area contributed by atoms with E-state index < -0.39 is 0 Å². The van der Waals surface area contributed by atoms with Crippen LogP contribution in [0, 0.1) is 5.92 Å². The quantitative estimate of drug-likeness (QED) is 0.860. The molecule has 0 spiro atoms. The van der Waals surface area contributed by atoms with Gasteiger partial charge in [-0.25, -0.2) is 0 Å². The monoisotopic (exact) mass is 388 g/mol. The third-order valence-electron chi connectivity index (χ3n) is 3.46. The van der Waals surface area contributed by atoms with Crippen LogP contribution in [-0.2, 0) is 0 Å². The van der Waals surface area contributed by atoms with E-state index in [9.17, 15) is 4.79 Å². The highest BCUT2D eigenvalue weighted by Gasteiger charge is 2.25. The maximum atomic E-state index is 12.5. The molecule has 0 saturated carbocycles. The Morgan fingerprint density at radius 1 is 1.47 bits per heavy atom. The number of halogens is 2. The highest BCUT2D eigenvalue weighted by molar-refractivity contribution is 9.11. The normalized spacial score (nSPS) is 19.5. The lowest BCUT2D eigenvalue weighted by atomic mass is 9.97. The van der Waals surface area contributed by atoms with E-state index in [0.717, 1.165) is 40.6 Å². The first kappa shape index (κ1) is 15.0. The lowest BCUT2D eigenvalue weighted by molar-refractivity contribution is 0.0673. The number of piperidine rings is 1. The van der Waals surface area contributed by atoms with Gasteiger partial charge in [-0.05, 0) is 66.5 Å². The zero-order valence-electron chi connectivity index (χ0n) is 11.0. The summed E-state index contributed by atoms with van der Waals surface area (Å²) in [7, 11) is 1.96. The van der Waals surface area contributed by atoms with Gasteiger partial charge in [-0.2, -0.15) is 0 Å². The molecule has 2 rings (SSSR count). The fourth-order valence-electron chi connectivity index (χ4n) is 2.54. The molecule has 1 unspecified atom stereocenters. The van der Waals surface area contributed by atoms with Crippen LogP contribution in [0.5, 0.6) is 0 Å². The van der Waals surface area contributed by atoms with Gasteiger partial charge in [-0.1, -0.05) is 15.9 Å². The Morgan fingerprint density at radius 3 is 2.95 bits per heavy atom. The Hall–Kier alpha value is -0.390. The SMILES string of the molecule is CNCC1CCCN(C(=O)c2ccc(Br)cc2Br)C1. The summed E-state index contributed by atoms with van der Waals surface area (Å²) < 4.78 is 1.82. The van der Waals surface area contributed by atoms with Gasteiger partial charge < -0.3 is 10.2 Å². The van der Waals surface area contributed by atoms with Gasteiger partial charge in [-0.3, -0.25) is 4.79 Å². The number of likely N-dealkylation sites (tertiary alicyclic amines) is 1. The second-order valence-corrected chi connectivity index (χ2v) is 6.71. The first-order valence-corrected chi connectivity index (χ1v) is 8.09. The summed E-state index contributed by atoms with van der Waals surface area (Å²) >= 11 is 6.88. The summed E-state index contributed by atoms with van der Waals surface area (Å²) in [6.45, 7) is 2.69. The highest BCUT2D eigenvalue weighted by Crippen LogP contribution is 2.25. The number of nitrogens with zero attached hydrogens (tertiary/aromatic N) is 1. The lowest BCUT2D eigenvalue weighted by Crippen LogP contribution is -2.42.